The minimum atomic E-state index is -0.414. The average molecular weight is 397 g/mol. The summed E-state index contributed by atoms with van der Waals surface area (Å²) in [5, 5.41) is 7.06. The van der Waals surface area contributed by atoms with Crippen LogP contribution in [0.15, 0.2) is 91.5 Å². The number of rotatable bonds is 4. The number of amides is 1. The van der Waals surface area contributed by atoms with E-state index in [0.717, 1.165) is 22.5 Å². The number of fused-ring (bicyclic) bond motifs is 1. The fraction of sp³-hybridized carbons (Fsp3) is 0. The quantitative estimate of drug-likeness (QED) is 0.483. The maximum Gasteiger partial charge on any atom is 0.276 e. The van der Waals surface area contributed by atoms with Crippen molar-refractivity contribution < 1.29 is 9.18 Å². The van der Waals surface area contributed by atoms with Gasteiger partial charge in [-0.1, -0.05) is 18.2 Å². The smallest absolute Gasteiger partial charge is 0.276 e. The van der Waals surface area contributed by atoms with E-state index in [1.54, 1.807) is 29.2 Å². The van der Waals surface area contributed by atoms with Gasteiger partial charge >= 0.3 is 0 Å². The van der Waals surface area contributed by atoms with Crippen molar-refractivity contribution in [2.24, 2.45) is 0 Å². The monoisotopic (exact) mass is 397 g/mol. The molecule has 4 aromatic heterocycles. The SMILES string of the molecule is O=C(Nc1cccc(F)c1)c1ccn(-c2ccc3ccc(-c4cccnc4)cn23)n1. The number of halogens is 1. The number of benzene rings is 1. The number of nitrogens with one attached hydrogen (secondary N) is 1. The molecule has 1 N–H and O–H groups in total. The molecule has 1 amide bonds. The molecule has 0 unspecified atom stereocenters. The van der Waals surface area contributed by atoms with Crippen LogP contribution < -0.4 is 5.32 Å². The number of nitrogens with zero attached hydrogens (tertiary/aromatic N) is 4. The van der Waals surface area contributed by atoms with Gasteiger partial charge in [-0.2, -0.15) is 5.10 Å². The lowest BCUT2D eigenvalue weighted by Gasteiger charge is -2.07. The van der Waals surface area contributed by atoms with Gasteiger partial charge in [-0.3, -0.25) is 9.78 Å². The molecule has 0 bridgehead atoms. The van der Waals surface area contributed by atoms with Crippen LogP contribution in [0, 0.1) is 5.82 Å². The van der Waals surface area contributed by atoms with Crippen LogP contribution in [0.3, 0.4) is 0 Å². The van der Waals surface area contributed by atoms with Gasteiger partial charge in [0.05, 0.1) is 0 Å². The zero-order valence-corrected chi connectivity index (χ0v) is 15.7. The molecule has 5 aromatic rings. The average Bonchev–Trinajstić information content (AvgIpc) is 3.41. The lowest BCUT2D eigenvalue weighted by atomic mass is 10.1. The van der Waals surface area contributed by atoms with E-state index in [1.165, 1.54) is 18.2 Å². The first kappa shape index (κ1) is 17.8. The van der Waals surface area contributed by atoms with Crippen molar-refractivity contribution in [3.8, 4) is 16.9 Å². The van der Waals surface area contributed by atoms with Crippen molar-refractivity contribution in [2.45, 2.75) is 0 Å². The van der Waals surface area contributed by atoms with Crippen molar-refractivity contribution in [3.05, 3.63) is 103 Å². The van der Waals surface area contributed by atoms with Crippen LogP contribution in [0.2, 0.25) is 0 Å². The third kappa shape index (κ3) is 3.33. The highest BCUT2D eigenvalue weighted by Crippen LogP contribution is 2.22. The Hall–Kier alpha value is -4.26. The summed E-state index contributed by atoms with van der Waals surface area (Å²) in [4.78, 5) is 16.7. The highest BCUT2D eigenvalue weighted by atomic mass is 19.1. The molecule has 6 nitrogen and oxygen atoms in total. The maximum absolute atomic E-state index is 13.3. The second-order valence-corrected chi connectivity index (χ2v) is 6.76. The Morgan fingerprint density at radius 2 is 1.87 bits per heavy atom. The van der Waals surface area contributed by atoms with Gasteiger partial charge < -0.3 is 9.72 Å². The molecule has 30 heavy (non-hydrogen) atoms. The number of anilines is 1. The molecule has 0 saturated carbocycles. The minimum Gasteiger partial charge on any atom is -0.320 e. The van der Waals surface area contributed by atoms with Crippen molar-refractivity contribution in [2.75, 3.05) is 5.32 Å². The summed E-state index contributed by atoms with van der Waals surface area (Å²) in [5.41, 5.74) is 3.64. The number of carbonyl (C=O) groups is 1. The molecule has 0 radical (unpaired) electrons. The summed E-state index contributed by atoms with van der Waals surface area (Å²) >= 11 is 0. The molecule has 0 aliphatic rings. The maximum atomic E-state index is 13.3. The molecule has 7 heteroatoms. The topological polar surface area (TPSA) is 64.2 Å². The summed E-state index contributed by atoms with van der Waals surface area (Å²) in [6.45, 7) is 0. The molecule has 146 valence electrons. The molecule has 0 fully saturated rings. The Morgan fingerprint density at radius 3 is 2.70 bits per heavy atom. The summed E-state index contributed by atoms with van der Waals surface area (Å²) in [6, 6.07) is 19.2. The highest BCUT2D eigenvalue weighted by molar-refractivity contribution is 6.02. The van der Waals surface area contributed by atoms with E-state index >= 15 is 0 Å². The van der Waals surface area contributed by atoms with E-state index in [-0.39, 0.29) is 5.69 Å². The third-order valence-electron chi connectivity index (χ3n) is 4.76. The second-order valence-electron chi connectivity index (χ2n) is 6.76. The number of hydrogen-bond donors (Lipinski definition) is 1. The van der Waals surface area contributed by atoms with Crippen LogP contribution in [0.4, 0.5) is 10.1 Å². The molecule has 0 aliphatic carbocycles. The molecule has 0 spiro atoms. The lowest BCUT2D eigenvalue weighted by Crippen LogP contribution is -2.13. The summed E-state index contributed by atoms with van der Waals surface area (Å²) in [5.74, 6) is -0.0285. The number of pyridine rings is 2. The number of aromatic nitrogens is 4. The van der Waals surface area contributed by atoms with Gasteiger partial charge in [-0.15, -0.1) is 0 Å². The van der Waals surface area contributed by atoms with Gasteiger partial charge in [0.2, 0.25) is 0 Å². The van der Waals surface area contributed by atoms with Crippen LogP contribution >= 0.6 is 0 Å². The number of hydrogen-bond acceptors (Lipinski definition) is 3. The van der Waals surface area contributed by atoms with Crippen LogP contribution in [-0.4, -0.2) is 25.1 Å². The van der Waals surface area contributed by atoms with Gasteiger partial charge in [0.25, 0.3) is 5.91 Å². The van der Waals surface area contributed by atoms with E-state index < -0.39 is 11.7 Å². The Morgan fingerprint density at radius 1 is 0.967 bits per heavy atom. The van der Waals surface area contributed by atoms with Gasteiger partial charge in [0.1, 0.15) is 11.6 Å². The molecule has 4 heterocycles. The fourth-order valence-electron chi connectivity index (χ4n) is 3.31. The Balaban J connectivity index is 1.46. The third-order valence-corrected chi connectivity index (χ3v) is 4.76. The Bertz CT molecular complexity index is 1360. The Kier molecular flexibility index (Phi) is 4.33. The fourth-order valence-corrected chi connectivity index (χ4v) is 3.31. The Labute approximate surface area is 171 Å². The van der Waals surface area contributed by atoms with E-state index in [0.29, 0.717) is 5.69 Å². The predicted molar refractivity (Wildman–Crippen MR) is 112 cm³/mol. The van der Waals surface area contributed by atoms with Crippen LogP contribution in [0.1, 0.15) is 10.5 Å². The molecule has 0 atom stereocenters. The minimum absolute atomic E-state index is 0.234. The molecule has 5 rings (SSSR count). The molecular formula is C23H16FN5O. The summed E-state index contributed by atoms with van der Waals surface area (Å²) in [7, 11) is 0. The summed E-state index contributed by atoms with van der Waals surface area (Å²) < 4.78 is 17.0. The lowest BCUT2D eigenvalue weighted by molar-refractivity contribution is 0.102. The molecule has 1 aromatic carbocycles. The van der Waals surface area contributed by atoms with Crippen molar-refractivity contribution >= 4 is 17.1 Å². The first-order valence-electron chi connectivity index (χ1n) is 9.32. The van der Waals surface area contributed by atoms with Gasteiger partial charge in [-0.25, -0.2) is 9.07 Å². The van der Waals surface area contributed by atoms with Crippen molar-refractivity contribution in [1.29, 1.82) is 0 Å². The van der Waals surface area contributed by atoms with E-state index in [1.807, 2.05) is 53.2 Å². The second kappa shape index (κ2) is 7.29. The highest BCUT2D eigenvalue weighted by Gasteiger charge is 2.13. The normalized spacial score (nSPS) is 11.0. The van der Waals surface area contributed by atoms with Crippen LogP contribution in [0.25, 0.3) is 22.5 Å². The largest absolute Gasteiger partial charge is 0.320 e. The first-order valence-corrected chi connectivity index (χ1v) is 9.32. The van der Waals surface area contributed by atoms with Crippen molar-refractivity contribution in [1.82, 2.24) is 19.2 Å². The standard InChI is InChI=1S/C23H16FN5O/c24-18-4-1-5-19(13-18)26-23(30)21-10-12-29(27-21)22-9-8-20-7-6-17(15-28(20)22)16-3-2-11-25-14-16/h1-15H,(H,26,30). The van der Waals surface area contributed by atoms with E-state index in [9.17, 15) is 9.18 Å². The van der Waals surface area contributed by atoms with E-state index in [2.05, 4.69) is 15.4 Å². The van der Waals surface area contributed by atoms with Crippen LogP contribution in [-0.2, 0) is 0 Å². The van der Waals surface area contributed by atoms with Gasteiger partial charge in [0, 0.05) is 41.6 Å². The molecular weight excluding hydrogens is 381 g/mol. The molecule has 0 saturated heterocycles. The van der Waals surface area contributed by atoms with Gasteiger partial charge in [-0.05, 0) is 54.1 Å². The zero-order valence-electron chi connectivity index (χ0n) is 15.7. The first-order chi connectivity index (χ1) is 14.7. The molecule has 0 aliphatic heterocycles. The zero-order chi connectivity index (χ0) is 20.5. The summed E-state index contributed by atoms with van der Waals surface area (Å²) in [6.07, 6.45) is 7.28. The number of carbonyl (C=O) groups excluding carboxylic acids is 1. The van der Waals surface area contributed by atoms with E-state index in [4.69, 9.17) is 0 Å². The van der Waals surface area contributed by atoms with Crippen LogP contribution in [0.5, 0.6) is 0 Å². The predicted octanol–water partition coefficient (Wildman–Crippen LogP) is 4.58. The van der Waals surface area contributed by atoms with Crippen molar-refractivity contribution in [3.63, 3.8) is 0 Å². The van der Waals surface area contributed by atoms with Gasteiger partial charge in [0.15, 0.2) is 5.69 Å².